The first-order valence-corrected chi connectivity index (χ1v) is 5.78. The van der Waals surface area contributed by atoms with Gasteiger partial charge in [0, 0.05) is 13.7 Å². The van der Waals surface area contributed by atoms with Crippen LogP contribution >= 0.6 is 0 Å². The first kappa shape index (κ1) is 12.0. The molecule has 0 bridgehead atoms. The van der Waals surface area contributed by atoms with Crippen LogP contribution in [-0.4, -0.2) is 26.8 Å². The molecule has 1 saturated carbocycles. The van der Waals surface area contributed by atoms with Gasteiger partial charge in [-0.15, -0.1) is 0 Å². The standard InChI is InChI=1S/C12H25NO/c1-10(2)7-12(3)8-11(12)9-13-5-6-14-4/h10-11,13H,5-9H2,1-4H3. The fourth-order valence-electron chi connectivity index (χ4n) is 2.46. The Bertz CT molecular complexity index is 170. The molecular formula is C12H25NO. The molecule has 0 saturated heterocycles. The van der Waals surface area contributed by atoms with Gasteiger partial charge < -0.3 is 10.1 Å². The zero-order valence-corrected chi connectivity index (χ0v) is 10.1. The minimum absolute atomic E-state index is 0.633. The number of ether oxygens (including phenoxy) is 1. The van der Waals surface area contributed by atoms with Gasteiger partial charge in [0.2, 0.25) is 0 Å². The fraction of sp³-hybridized carbons (Fsp3) is 1.00. The monoisotopic (exact) mass is 199 g/mol. The summed E-state index contributed by atoms with van der Waals surface area (Å²) in [5.74, 6) is 1.74. The normalized spacial score (nSPS) is 31.1. The molecule has 0 heterocycles. The third-order valence-electron chi connectivity index (χ3n) is 3.29. The van der Waals surface area contributed by atoms with E-state index < -0.39 is 0 Å². The van der Waals surface area contributed by atoms with E-state index in [4.69, 9.17) is 4.74 Å². The highest BCUT2D eigenvalue weighted by Gasteiger charge is 2.48. The predicted octanol–water partition coefficient (Wildman–Crippen LogP) is 2.29. The largest absolute Gasteiger partial charge is 0.383 e. The second kappa shape index (κ2) is 5.13. The van der Waals surface area contributed by atoms with E-state index in [1.54, 1.807) is 7.11 Å². The first-order valence-electron chi connectivity index (χ1n) is 5.78. The van der Waals surface area contributed by atoms with Crippen LogP contribution in [-0.2, 0) is 4.74 Å². The minimum Gasteiger partial charge on any atom is -0.383 e. The molecule has 2 nitrogen and oxygen atoms in total. The van der Waals surface area contributed by atoms with Crippen LogP contribution in [0.3, 0.4) is 0 Å². The Balaban J connectivity index is 2.06. The van der Waals surface area contributed by atoms with Gasteiger partial charge in [0.1, 0.15) is 0 Å². The van der Waals surface area contributed by atoms with E-state index in [1.165, 1.54) is 19.4 Å². The van der Waals surface area contributed by atoms with Crippen molar-refractivity contribution in [2.24, 2.45) is 17.3 Å². The van der Waals surface area contributed by atoms with Crippen molar-refractivity contribution in [1.82, 2.24) is 5.32 Å². The molecule has 0 amide bonds. The van der Waals surface area contributed by atoms with Crippen LogP contribution in [0, 0.1) is 17.3 Å². The van der Waals surface area contributed by atoms with Gasteiger partial charge in [-0.2, -0.15) is 0 Å². The Hall–Kier alpha value is -0.0800. The SMILES string of the molecule is COCCNCC1CC1(C)CC(C)C. The summed E-state index contributed by atoms with van der Waals surface area (Å²) >= 11 is 0. The highest BCUT2D eigenvalue weighted by molar-refractivity contribution is 4.99. The Morgan fingerprint density at radius 2 is 2.21 bits per heavy atom. The average Bonchev–Trinajstić information content (AvgIpc) is 2.69. The number of nitrogens with one attached hydrogen (secondary N) is 1. The van der Waals surface area contributed by atoms with Crippen molar-refractivity contribution >= 4 is 0 Å². The molecule has 1 fully saturated rings. The van der Waals surface area contributed by atoms with Crippen molar-refractivity contribution in [2.45, 2.75) is 33.6 Å². The molecule has 0 spiro atoms. The molecule has 84 valence electrons. The Kier molecular flexibility index (Phi) is 4.39. The highest BCUT2D eigenvalue weighted by Crippen LogP contribution is 2.55. The van der Waals surface area contributed by atoms with E-state index in [0.29, 0.717) is 5.41 Å². The maximum absolute atomic E-state index is 5.00. The number of hydrogen-bond acceptors (Lipinski definition) is 2. The van der Waals surface area contributed by atoms with Gasteiger partial charge in [0.15, 0.2) is 0 Å². The zero-order chi connectivity index (χ0) is 10.6. The van der Waals surface area contributed by atoms with Crippen LogP contribution < -0.4 is 5.32 Å². The maximum Gasteiger partial charge on any atom is 0.0587 e. The molecule has 2 unspecified atom stereocenters. The Labute approximate surface area is 88.4 Å². The van der Waals surface area contributed by atoms with E-state index in [9.17, 15) is 0 Å². The summed E-state index contributed by atoms with van der Waals surface area (Å²) in [6.07, 6.45) is 2.79. The van der Waals surface area contributed by atoms with Crippen molar-refractivity contribution in [1.29, 1.82) is 0 Å². The highest BCUT2D eigenvalue weighted by atomic mass is 16.5. The molecule has 14 heavy (non-hydrogen) atoms. The van der Waals surface area contributed by atoms with Crippen LogP contribution in [0.25, 0.3) is 0 Å². The van der Waals surface area contributed by atoms with Crippen molar-refractivity contribution in [3.05, 3.63) is 0 Å². The zero-order valence-electron chi connectivity index (χ0n) is 10.1. The molecule has 2 atom stereocenters. The lowest BCUT2D eigenvalue weighted by Crippen LogP contribution is -2.23. The molecule has 1 N–H and O–H groups in total. The predicted molar refractivity (Wildman–Crippen MR) is 60.4 cm³/mol. The molecule has 1 rings (SSSR count). The van der Waals surface area contributed by atoms with Crippen LogP contribution in [0.1, 0.15) is 33.6 Å². The summed E-state index contributed by atoms with van der Waals surface area (Å²) in [5, 5.41) is 3.45. The summed E-state index contributed by atoms with van der Waals surface area (Å²) < 4.78 is 5.00. The number of methoxy groups -OCH3 is 1. The second-order valence-electron chi connectivity index (χ2n) is 5.35. The summed E-state index contributed by atoms with van der Waals surface area (Å²) in [6, 6.07) is 0. The number of rotatable bonds is 7. The fourth-order valence-corrected chi connectivity index (χ4v) is 2.46. The second-order valence-corrected chi connectivity index (χ2v) is 5.35. The molecule has 0 radical (unpaired) electrons. The third kappa shape index (κ3) is 3.58. The molecular weight excluding hydrogens is 174 g/mol. The topological polar surface area (TPSA) is 21.3 Å². The summed E-state index contributed by atoms with van der Waals surface area (Å²) in [7, 11) is 1.75. The van der Waals surface area contributed by atoms with Crippen LogP contribution in [0.2, 0.25) is 0 Å². The van der Waals surface area contributed by atoms with Gasteiger partial charge in [0.05, 0.1) is 6.61 Å². The minimum atomic E-state index is 0.633. The van der Waals surface area contributed by atoms with Gasteiger partial charge in [-0.3, -0.25) is 0 Å². The van der Waals surface area contributed by atoms with E-state index in [0.717, 1.165) is 25.0 Å². The average molecular weight is 199 g/mol. The van der Waals surface area contributed by atoms with E-state index in [2.05, 4.69) is 26.1 Å². The van der Waals surface area contributed by atoms with Crippen molar-refractivity contribution in [3.63, 3.8) is 0 Å². The van der Waals surface area contributed by atoms with Gasteiger partial charge in [-0.25, -0.2) is 0 Å². The van der Waals surface area contributed by atoms with Crippen molar-refractivity contribution in [3.8, 4) is 0 Å². The summed E-state index contributed by atoms with van der Waals surface area (Å²) in [5.41, 5.74) is 0.633. The van der Waals surface area contributed by atoms with E-state index in [1.807, 2.05) is 0 Å². The van der Waals surface area contributed by atoms with E-state index in [-0.39, 0.29) is 0 Å². The van der Waals surface area contributed by atoms with Gasteiger partial charge in [0.25, 0.3) is 0 Å². The van der Waals surface area contributed by atoms with Crippen molar-refractivity contribution < 1.29 is 4.74 Å². The number of hydrogen-bond donors (Lipinski definition) is 1. The Morgan fingerprint density at radius 1 is 1.50 bits per heavy atom. The van der Waals surface area contributed by atoms with Crippen LogP contribution in [0.4, 0.5) is 0 Å². The van der Waals surface area contributed by atoms with Gasteiger partial charge in [-0.1, -0.05) is 20.8 Å². The first-order chi connectivity index (χ1) is 6.58. The van der Waals surface area contributed by atoms with Crippen molar-refractivity contribution in [2.75, 3.05) is 26.8 Å². The summed E-state index contributed by atoms with van der Waals surface area (Å²) in [4.78, 5) is 0. The lowest BCUT2D eigenvalue weighted by Gasteiger charge is -2.14. The third-order valence-corrected chi connectivity index (χ3v) is 3.29. The molecule has 1 aliphatic carbocycles. The van der Waals surface area contributed by atoms with Crippen LogP contribution in [0.15, 0.2) is 0 Å². The van der Waals surface area contributed by atoms with Gasteiger partial charge in [-0.05, 0) is 36.6 Å². The molecule has 0 aromatic heterocycles. The Morgan fingerprint density at radius 3 is 2.79 bits per heavy atom. The van der Waals surface area contributed by atoms with Crippen LogP contribution in [0.5, 0.6) is 0 Å². The smallest absolute Gasteiger partial charge is 0.0587 e. The maximum atomic E-state index is 5.00. The van der Waals surface area contributed by atoms with Gasteiger partial charge >= 0.3 is 0 Å². The quantitative estimate of drug-likeness (QED) is 0.635. The molecule has 0 aromatic carbocycles. The summed E-state index contributed by atoms with van der Waals surface area (Å²) in [6.45, 7) is 10.1. The molecule has 1 aliphatic rings. The molecule has 0 aliphatic heterocycles. The lowest BCUT2D eigenvalue weighted by atomic mass is 9.94. The molecule has 2 heteroatoms. The molecule has 0 aromatic rings. The lowest BCUT2D eigenvalue weighted by molar-refractivity contribution is 0.198. The van der Waals surface area contributed by atoms with E-state index >= 15 is 0 Å².